The minimum atomic E-state index is -0.736. The Morgan fingerprint density at radius 1 is 1.00 bits per heavy atom. The number of anilines is 1. The number of aromatic nitrogens is 1. The van der Waals surface area contributed by atoms with Crippen molar-refractivity contribution in [2.24, 2.45) is 0 Å². The molecule has 4 rings (SSSR count). The zero-order valence-electron chi connectivity index (χ0n) is 17.1. The standard InChI is InChI=1S/C24H17FN2O5S/c25-17-8-4-15(5-9-17)19(28)14-32-24(31)16-6-10-18(11-7-16)27-22(29)13-20(23(27)30)33-21-3-1-2-12-26-21/h1-12,20H,13-14H2. The molecule has 1 aromatic heterocycles. The molecule has 1 fully saturated rings. The molecule has 1 aliphatic heterocycles. The van der Waals surface area contributed by atoms with E-state index in [-0.39, 0.29) is 29.4 Å². The molecule has 9 heteroatoms. The van der Waals surface area contributed by atoms with E-state index in [1.165, 1.54) is 48.2 Å². The van der Waals surface area contributed by atoms with Crippen LogP contribution in [0.3, 0.4) is 0 Å². The summed E-state index contributed by atoms with van der Waals surface area (Å²) in [6.07, 6.45) is 1.67. The van der Waals surface area contributed by atoms with Gasteiger partial charge in [-0.2, -0.15) is 0 Å². The lowest BCUT2D eigenvalue weighted by molar-refractivity contribution is -0.121. The third-order valence-electron chi connectivity index (χ3n) is 4.87. The van der Waals surface area contributed by atoms with Gasteiger partial charge in [0.15, 0.2) is 12.4 Å². The maximum absolute atomic E-state index is 13.0. The number of rotatable bonds is 7. The van der Waals surface area contributed by atoms with Gasteiger partial charge in [-0.3, -0.25) is 14.4 Å². The average molecular weight is 464 g/mol. The number of pyridine rings is 1. The molecule has 0 aliphatic carbocycles. The number of carbonyl (C=O) groups excluding carboxylic acids is 4. The highest BCUT2D eigenvalue weighted by Gasteiger charge is 2.40. The Morgan fingerprint density at radius 2 is 1.70 bits per heavy atom. The van der Waals surface area contributed by atoms with Gasteiger partial charge in [0, 0.05) is 18.2 Å². The van der Waals surface area contributed by atoms with Gasteiger partial charge >= 0.3 is 5.97 Å². The number of Topliss-reactive ketones (excluding diaryl/α,β-unsaturated/α-hetero) is 1. The fraction of sp³-hybridized carbons (Fsp3) is 0.125. The Morgan fingerprint density at radius 3 is 2.36 bits per heavy atom. The van der Waals surface area contributed by atoms with E-state index in [4.69, 9.17) is 4.74 Å². The second-order valence-corrected chi connectivity index (χ2v) is 8.32. The van der Waals surface area contributed by atoms with Crippen LogP contribution in [-0.4, -0.2) is 40.4 Å². The van der Waals surface area contributed by atoms with Gasteiger partial charge in [-0.15, -0.1) is 0 Å². The maximum atomic E-state index is 13.0. The molecular formula is C24H17FN2O5S. The van der Waals surface area contributed by atoms with Gasteiger partial charge < -0.3 is 4.74 Å². The summed E-state index contributed by atoms with van der Waals surface area (Å²) in [5.74, 6) is -2.37. The molecule has 0 bridgehead atoms. The van der Waals surface area contributed by atoms with Crippen LogP contribution in [0.2, 0.25) is 0 Å². The van der Waals surface area contributed by atoms with Gasteiger partial charge in [0.25, 0.3) is 0 Å². The van der Waals surface area contributed by atoms with E-state index in [0.29, 0.717) is 10.7 Å². The number of hydrogen-bond acceptors (Lipinski definition) is 7. The molecule has 7 nitrogen and oxygen atoms in total. The van der Waals surface area contributed by atoms with Gasteiger partial charge in [0.1, 0.15) is 5.82 Å². The molecule has 2 aromatic carbocycles. The van der Waals surface area contributed by atoms with Crippen LogP contribution in [0, 0.1) is 5.82 Å². The SMILES string of the molecule is O=C(COC(=O)c1ccc(N2C(=O)CC(Sc3ccccn3)C2=O)cc1)c1ccc(F)cc1. The van der Waals surface area contributed by atoms with Crippen molar-refractivity contribution in [2.75, 3.05) is 11.5 Å². The van der Waals surface area contributed by atoms with Crippen molar-refractivity contribution in [3.05, 3.63) is 89.9 Å². The first-order valence-corrected chi connectivity index (χ1v) is 10.8. The fourth-order valence-corrected chi connectivity index (χ4v) is 4.21. The number of esters is 1. The van der Waals surface area contributed by atoms with Crippen molar-refractivity contribution in [2.45, 2.75) is 16.7 Å². The van der Waals surface area contributed by atoms with E-state index in [2.05, 4.69) is 4.98 Å². The first-order valence-electron chi connectivity index (χ1n) is 9.93. The molecule has 2 amide bonds. The second kappa shape index (κ2) is 9.74. The minimum Gasteiger partial charge on any atom is -0.454 e. The highest BCUT2D eigenvalue weighted by atomic mass is 32.2. The van der Waals surface area contributed by atoms with Crippen LogP contribution in [-0.2, 0) is 14.3 Å². The highest BCUT2D eigenvalue weighted by Crippen LogP contribution is 2.33. The molecule has 1 aliphatic rings. The Labute approximate surface area is 192 Å². The predicted octanol–water partition coefficient (Wildman–Crippen LogP) is 3.68. The van der Waals surface area contributed by atoms with Crippen LogP contribution >= 0.6 is 11.8 Å². The van der Waals surface area contributed by atoms with Crippen LogP contribution in [0.5, 0.6) is 0 Å². The van der Waals surface area contributed by atoms with Crippen LogP contribution < -0.4 is 4.90 Å². The number of ketones is 1. The molecule has 3 aromatic rings. The zero-order valence-corrected chi connectivity index (χ0v) is 18.0. The Bertz CT molecular complexity index is 1200. The number of halogens is 1. The molecule has 1 saturated heterocycles. The minimum absolute atomic E-state index is 0.0510. The lowest BCUT2D eigenvalue weighted by Crippen LogP contribution is -2.31. The molecular weight excluding hydrogens is 447 g/mol. The number of hydrogen-bond donors (Lipinski definition) is 0. The van der Waals surface area contributed by atoms with E-state index in [0.717, 1.165) is 17.0 Å². The lowest BCUT2D eigenvalue weighted by Gasteiger charge is -2.15. The summed E-state index contributed by atoms with van der Waals surface area (Å²) < 4.78 is 18.0. The van der Waals surface area contributed by atoms with Crippen molar-refractivity contribution in [1.82, 2.24) is 4.98 Å². The van der Waals surface area contributed by atoms with Crippen LogP contribution in [0.4, 0.5) is 10.1 Å². The number of imide groups is 1. The molecule has 0 spiro atoms. The van der Waals surface area contributed by atoms with Crippen molar-refractivity contribution >= 4 is 41.0 Å². The quantitative estimate of drug-likeness (QED) is 0.299. The van der Waals surface area contributed by atoms with Gasteiger partial charge in [0.2, 0.25) is 11.8 Å². The monoisotopic (exact) mass is 464 g/mol. The number of thioether (sulfide) groups is 1. The summed E-state index contributed by atoms with van der Waals surface area (Å²) in [5, 5.41) is 0.0771. The summed E-state index contributed by atoms with van der Waals surface area (Å²) in [7, 11) is 0. The highest BCUT2D eigenvalue weighted by molar-refractivity contribution is 8.00. The van der Waals surface area contributed by atoms with Crippen molar-refractivity contribution in [3.63, 3.8) is 0 Å². The van der Waals surface area contributed by atoms with Crippen molar-refractivity contribution < 1.29 is 28.3 Å². The Hall–Kier alpha value is -3.85. The number of benzene rings is 2. The van der Waals surface area contributed by atoms with Gasteiger partial charge in [0.05, 0.1) is 21.5 Å². The van der Waals surface area contributed by atoms with Crippen LogP contribution in [0.25, 0.3) is 0 Å². The second-order valence-electron chi connectivity index (χ2n) is 7.10. The van der Waals surface area contributed by atoms with E-state index >= 15 is 0 Å². The molecule has 2 heterocycles. The maximum Gasteiger partial charge on any atom is 0.338 e. The summed E-state index contributed by atoms with van der Waals surface area (Å²) in [6, 6.07) is 16.0. The molecule has 0 N–H and O–H groups in total. The topological polar surface area (TPSA) is 93.6 Å². The van der Waals surface area contributed by atoms with Crippen LogP contribution in [0.15, 0.2) is 78.0 Å². The zero-order chi connectivity index (χ0) is 23.4. The normalized spacial score (nSPS) is 15.5. The molecule has 0 radical (unpaired) electrons. The summed E-state index contributed by atoms with van der Waals surface area (Å²) in [4.78, 5) is 54.8. The van der Waals surface area contributed by atoms with Crippen LogP contribution in [0.1, 0.15) is 27.1 Å². The van der Waals surface area contributed by atoms with E-state index in [9.17, 15) is 23.6 Å². The fourth-order valence-electron chi connectivity index (χ4n) is 3.21. The van der Waals surface area contributed by atoms with Crippen molar-refractivity contribution in [1.29, 1.82) is 0 Å². The van der Waals surface area contributed by atoms with Crippen molar-refractivity contribution in [3.8, 4) is 0 Å². The van der Waals surface area contributed by atoms with Gasteiger partial charge in [-0.25, -0.2) is 19.1 Å². The molecule has 33 heavy (non-hydrogen) atoms. The Balaban J connectivity index is 1.37. The van der Waals surface area contributed by atoms with Gasteiger partial charge in [-0.05, 0) is 60.7 Å². The number of nitrogens with zero attached hydrogens (tertiary/aromatic N) is 2. The molecule has 166 valence electrons. The largest absolute Gasteiger partial charge is 0.454 e. The van der Waals surface area contributed by atoms with Gasteiger partial charge in [-0.1, -0.05) is 17.8 Å². The number of ether oxygens (including phenoxy) is 1. The molecule has 1 atom stereocenters. The number of carbonyl (C=O) groups is 4. The summed E-state index contributed by atoms with van der Waals surface area (Å²) in [6.45, 7) is -0.498. The van der Waals surface area contributed by atoms with E-state index in [1.54, 1.807) is 24.4 Å². The predicted molar refractivity (Wildman–Crippen MR) is 118 cm³/mol. The van der Waals surface area contributed by atoms with E-state index < -0.39 is 29.4 Å². The molecule has 0 saturated carbocycles. The van der Waals surface area contributed by atoms with E-state index in [1.807, 2.05) is 0 Å². The third-order valence-corrected chi connectivity index (χ3v) is 6.00. The Kier molecular flexibility index (Phi) is 6.60. The summed E-state index contributed by atoms with van der Waals surface area (Å²) >= 11 is 1.23. The average Bonchev–Trinajstić information content (AvgIpc) is 3.11. The summed E-state index contributed by atoms with van der Waals surface area (Å²) in [5.41, 5.74) is 0.723. The molecule has 1 unspecified atom stereocenters. The smallest absolute Gasteiger partial charge is 0.338 e. The third kappa shape index (κ3) is 5.15. The first-order chi connectivity index (χ1) is 15.9. The first kappa shape index (κ1) is 22.3. The lowest BCUT2D eigenvalue weighted by atomic mass is 10.1. The number of amides is 2.